The second-order valence-corrected chi connectivity index (χ2v) is 2.51. The second kappa shape index (κ2) is 2.31. The Bertz CT molecular complexity index is 84.6. The lowest BCUT2D eigenvalue weighted by molar-refractivity contribution is 0.196. The molecule has 0 heterocycles. The summed E-state index contributed by atoms with van der Waals surface area (Å²) in [6.45, 7) is 2.17. The Morgan fingerprint density at radius 2 is 2.12 bits per heavy atom. The van der Waals surface area contributed by atoms with Gasteiger partial charge in [0.25, 0.3) is 0 Å². The SMILES string of the molecule is C[C@H]1C=C[C@@H](O)CC1. The first-order valence-corrected chi connectivity index (χ1v) is 3.15. The van der Waals surface area contributed by atoms with Crippen LogP contribution in [0, 0.1) is 5.92 Å². The van der Waals surface area contributed by atoms with Crippen LogP contribution in [-0.4, -0.2) is 11.2 Å². The highest BCUT2D eigenvalue weighted by atomic mass is 16.3. The molecule has 1 N–H and O–H groups in total. The van der Waals surface area contributed by atoms with E-state index < -0.39 is 0 Å². The van der Waals surface area contributed by atoms with Gasteiger partial charge in [-0.05, 0) is 18.8 Å². The molecule has 0 aromatic carbocycles. The summed E-state index contributed by atoms with van der Waals surface area (Å²) in [7, 11) is 0. The molecule has 0 aromatic rings. The van der Waals surface area contributed by atoms with Crippen LogP contribution < -0.4 is 0 Å². The first-order valence-electron chi connectivity index (χ1n) is 3.15. The number of hydrogen-bond acceptors (Lipinski definition) is 1. The van der Waals surface area contributed by atoms with E-state index in [4.69, 9.17) is 5.11 Å². The highest BCUT2D eigenvalue weighted by Crippen LogP contribution is 2.15. The van der Waals surface area contributed by atoms with Crippen molar-refractivity contribution in [1.82, 2.24) is 0 Å². The lowest BCUT2D eigenvalue weighted by Gasteiger charge is -2.14. The monoisotopic (exact) mass is 112 g/mol. The molecular formula is C7H12O. The highest BCUT2D eigenvalue weighted by Gasteiger charge is 2.07. The van der Waals surface area contributed by atoms with Gasteiger partial charge in [0, 0.05) is 0 Å². The van der Waals surface area contributed by atoms with Gasteiger partial charge >= 0.3 is 0 Å². The molecule has 0 aromatic heterocycles. The average Bonchev–Trinajstić information content (AvgIpc) is 1.77. The van der Waals surface area contributed by atoms with Crippen LogP contribution >= 0.6 is 0 Å². The maximum atomic E-state index is 8.94. The van der Waals surface area contributed by atoms with Crippen LogP contribution in [0.5, 0.6) is 0 Å². The van der Waals surface area contributed by atoms with Gasteiger partial charge in [0.2, 0.25) is 0 Å². The smallest absolute Gasteiger partial charge is 0.0721 e. The predicted octanol–water partition coefficient (Wildman–Crippen LogP) is 1.33. The van der Waals surface area contributed by atoms with E-state index in [1.165, 1.54) is 0 Å². The van der Waals surface area contributed by atoms with Crippen molar-refractivity contribution in [1.29, 1.82) is 0 Å². The Hall–Kier alpha value is -0.300. The first kappa shape index (κ1) is 5.83. The zero-order chi connectivity index (χ0) is 5.98. The van der Waals surface area contributed by atoms with E-state index in [0.717, 1.165) is 12.8 Å². The van der Waals surface area contributed by atoms with E-state index in [2.05, 4.69) is 13.0 Å². The van der Waals surface area contributed by atoms with Crippen LogP contribution in [0.1, 0.15) is 19.8 Å². The van der Waals surface area contributed by atoms with Gasteiger partial charge in [-0.3, -0.25) is 0 Å². The Kier molecular flexibility index (Phi) is 1.69. The van der Waals surface area contributed by atoms with E-state index in [0.29, 0.717) is 5.92 Å². The molecule has 8 heavy (non-hydrogen) atoms. The van der Waals surface area contributed by atoms with Crippen molar-refractivity contribution in [3.05, 3.63) is 12.2 Å². The molecule has 1 aliphatic rings. The zero-order valence-electron chi connectivity index (χ0n) is 5.17. The van der Waals surface area contributed by atoms with E-state index in [-0.39, 0.29) is 6.10 Å². The molecule has 0 bridgehead atoms. The molecule has 0 saturated heterocycles. The summed E-state index contributed by atoms with van der Waals surface area (Å²) in [6.07, 6.45) is 5.88. The van der Waals surface area contributed by atoms with Crippen molar-refractivity contribution in [3.8, 4) is 0 Å². The normalized spacial score (nSPS) is 37.8. The molecule has 1 aliphatic carbocycles. The van der Waals surface area contributed by atoms with Gasteiger partial charge in [0.1, 0.15) is 0 Å². The van der Waals surface area contributed by atoms with Crippen molar-refractivity contribution in [2.75, 3.05) is 0 Å². The molecule has 1 rings (SSSR count). The molecule has 0 spiro atoms. The van der Waals surface area contributed by atoms with Crippen molar-refractivity contribution in [2.45, 2.75) is 25.9 Å². The van der Waals surface area contributed by atoms with E-state index in [1.54, 1.807) is 0 Å². The van der Waals surface area contributed by atoms with Gasteiger partial charge < -0.3 is 5.11 Å². The first-order chi connectivity index (χ1) is 3.79. The van der Waals surface area contributed by atoms with Crippen LogP contribution in [0.2, 0.25) is 0 Å². The van der Waals surface area contributed by atoms with E-state index >= 15 is 0 Å². The molecule has 2 atom stereocenters. The summed E-state index contributed by atoms with van der Waals surface area (Å²) in [6, 6.07) is 0. The zero-order valence-corrected chi connectivity index (χ0v) is 5.17. The minimum Gasteiger partial charge on any atom is -0.389 e. The Labute approximate surface area is 50.0 Å². The van der Waals surface area contributed by atoms with Gasteiger partial charge in [-0.25, -0.2) is 0 Å². The Balaban J connectivity index is 2.42. The van der Waals surface area contributed by atoms with Crippen molar-refractivity contribution in [2.24, 2.45) is 5.92 Å². The summed E-state index contributed by atoms with van der Waals surface area (Å²) in [4.78, 5) is 0. The molecule has 1 nitrogen and oxygen atoms in total. The molecular weight excluding hydrogens is 100 g/mol. The quantitative estimate of drug-likeness (QED) is 0.469. The molecule has 46 valence electrons. The van der Waals surface area contributed by atoms with Gasteiger partial charge in [0.05, 0.1) is 6.10 Å². The summed E-state index contributed by atoms with van der Waals surface area (Å²) < 4.78 is 0. The summed E-state index contributed by atoms with van der Waals surface area (Å²) in [5, 5.41) is 8.94. The maximum Gasteiger partial charge on any atom is 0.0721 e. The number of rotatable bonds is 0. The van der Waals surface area contributed by atoms with Crippen molar-refractivity contribution >= 4 is 0 Å². The van der Waals surface area contributed by atoms with Gasteiger partial charge in [-0.15, -0.1) is 0 Å². The lowest BCUT2D eigenvalue weighted by atomic mass is 9.96. The van der Waals surface area contributed by atoms with Gasteiger partial charge in [0.15, 0.2) is 0 Å². The molecule has 0 amide bonds. The maximum absolute atomic E-state index is 8.94. The third-order valence-corrected chi connectivity index (χ3v) is 1.58. The van der Waals surface area contributed by atoms with E-state index in [1.807, 2.05) is 6.08 Å². The van der Waals surface area contributed by atoms with E-state index in [9.17, 15) is 0 Å². The topological polar surface area (TPSA) is 20.2 Å². The molecule has 0 fully saturated rings. The standard InChI is InChI=1S/C7H12O/c1-6-2-4-7(8)5-3-6/h2,4,6-8H,3,5H2,1H3/t6-,7+/m0/s1. The fourth-order valence-electron chi connectivity index (χ4n) is 0.944. The summed E-state index contributed by atoms with van der Waals surface area (Å²) in [5.74, 6) is 0.679. The molecule has 0 saturated carbocycles. The second-order valence-electron chi connectivity index (χ2n) is 2.51. The number of hydrogen-bond donors (Lipinski definition) is 1. The van der Waals surface area contributed by atoms with Gasteiger partial charge in [-0.1, -0.05) is 19.1 Å². The van der Waals surface area contributed by atoms with Crippen molar-refractivity contribution in [3.63, 3.8) is 0 Å². The average molecular weight is 112 g/mol. The number of aliphatic hydroxyl groups excluding tert-OH is 1. The predicted molar refractivity (Wildman–Crippen MR) is 33.5 cm³/mol. The number of aliphatic hydroxyl groups is 1. The fourth-order valence-corrected chi connectivity index (χ4v) is 0.944. The largest absolute Gasteiger partial charge is 0.389 e. The minimum atomic E-state index is -0.161. The van der Waals surface area contributed by atoms with Crippen LogP contribution in [0.3, 0.4) is 0 Å². The van der Waals surface area contributed by atoms with Crippen LogP contribution in [0.4, 0.5) is 0 Å². The van der Waals surface area contributed by atoms with Crippen LogP contribution in [-0.2, 0) is 0 Å². The molecule has 0 radical (unpaired) electrons. The minimum absolute atomic E-state index is 0.161. The third kappa shape index (κ3) is 1.34. The Morgan fingerprint density at radius 1 is 1.38 bits per heavy atom. The molecule has 0 aliphatic heterocycles. The Morgan fingerprint density at radius 3 is 2.50 bits per heavy atom. The molecule has 1 heteroatoms. The summed E-state index contributed by atoms with van der Waals surface area (Å²) in [5.41, 5.74) is 0. The van der Waals surface area contributed by atoms with Crippen LogP contribution in [0.15, 0.2) is 12.2 Å². The highest BCUT2D eigenvalue weighted by molar-refractivity contribution is 4.96. The number of allylic oxidation sites excluding steroid dienone is 1. The van der Waals surface area contributed by atoms with Crippen LogP contribution in [0.25, 0.3) is 0 Å². The lowest BCUT2D eigenvalue weighted by Crippen LogP contribution is -2.09. The van der Waals surface area contributed by atoms with Crippen molar-refractivity contribution < 1.29 is 5.11 Å². The molecule has 0 unspecified atom stereocenters. The fraction of sp³-hybridized carbons (Fsp3) is 0.714. The third-order valence-electron chi connectivity index (χ3n) is 1.58. The summed E-state index contributed by atoms with van der Waals surface area (Å²) >= 11 is 0. The van der Waals surface area contributed by atoms with Gasteiger partial charge in [-0.2, -0.15) is 0 Å².